The van der Waals surface area contributed by atoms with E-state index >= 15 is 0 Å². The lowest BCUT2D eigenvalue weighted by atomic mass is 10.0. The molecule has 0 unspecified atom stereocenters. The molecule has 1 aliphatic heterocycles. The molecule has 3 N–H and O–H groups in total. The highest BCUT2D eigenvalue weighted by molar-refractivity contribution is 5.94. The fraction of sp³-hybridized carbons (Fsp3) is 0.105. The topological polar surface area (TPSA) is 106 Å². The van der Waals surface area contributed by atoms with E-state index in [1.165, 1.54) is 0 Å². The summed E-state index contributed by atoms with van der Waals surface area (Å²) in [6, 6.07) is 11.3. The summed E-state index contributed by atoms with van der Waals surface area (Å²) in [6.07, 6.45) is 3.55. The lowest BCUT2D eigenvalue weighted by Gasteiger charge is -2.08. The molecule has 5 rings (SSSR count). The van der Waals surface area contributed by atoms with Crippen molar-refractivity contribution >= 4 is 23.0 Å². The van der Waals surface area contributed by atoms with Gasteiger partial charge >= 0.3 is 6.03 Å². The van der Waals surface area contributed by atoms with Gasteiger partial charge in [0.25, 0.3) is 0 Å². The zero-order chi connectivity index (χ0) is 19.1. The second-order valence-corrected chi connectivity index (χ2v) is 6.20. The molecule has 2 aromatic carbocycles. The molecule has 3 heterocycles. The molecule has 140 valence electrons. The number of urea groups is 1. The average molecular weight is 376 g/mol. The molecule has 0 fully saturated rings. The Bertz CT molecular complexity index is 1180. The minimum Gasteiger partial charge on any atom is -0.454 e. The number of carbonyl (C=O) groups is 1. The van der Waals surface area contributed by atoms with E-state index < -0.39 is 0 Å². The van der Waals surface area contributed by atoms with Crippen LogP contribution in [0.5, 0.6) is 11.5 Å². The number of imidazole rings is 1. The van der Waals surface area contributed by atoms with Crippen LogP contribution in [-0.4, -0.2) is 39.6 Å². The van der Waals surface area contributed by atoms with E-state index in [4.69, 9.17) is 9.47 Å². The Hall–Kier alpha value is -4.01. The third-order valence-corrected chi connectivity index (χ3v) is 4.48. The van der Waals surface area contributed by atoms with Crippen LogP contribution in [-0.2, 0) is 0 Å². The van der Waals surface area contributed by atoms with Crippen LogP contribution in [0.2, 0.25) is 0 Å². The highest BCUT2D eigenvalue weighted by Gasteiger charge is 2.17. The van der Waals surface area contributed by atoms with E-state index in [9.17, 15) is 4.79 Å². The van der Waals surface area contributed by atoms with Crippen molar-refractivity contribution in [2.45, 2.75) is 0 Å². The van der Waals surface area contributed by atoms with Crippen molar-refractivity contribution in [3.05, 3.63) is 48.8 Å². The van der Waals surface area contributed by atoms with Gasteiger partial charge < -0.3 is 19.8 Å². The van der Waals surface area contributed by atoms with Gasteiger partial charge in [0.15, 0.2) is 11.5 Å². The van der Waals surface area contributed by atoms with Crippen LogP contribution in [0.15, 0.2) is 48.8 Å². The predicted molar refractivity (Wildman–Crippen MR) is 103 cm³/mol. The smallest absolute Gasteiger partial charge is 0.321 e. The van der Waals surface area contributed by atoms with Gasteiger partial charge in [0.05, 0.1) is 11.2 Å². The molecule has 0 spiro atoms. The second kappa shape index (κ2) is 6.31. The molecule has 1 aliphatic rings. The van der Waals surface area contributed by atoms with Crippen LogP contribution in [0.4, 0.5) is 10.7 Å². The number of amides is 2. The van der Waals surface area contributed by atoms with Crippen LogP contribution in [0, 0.1) is 0 Å². The number of anilines is 1. The standard InChI is InChI=1S/C19H16N6O3/c1-20-19(26)24-18-22-13-7-12(11-3-4-15-16(9-11)28-10-27-15)8-14(17(13)23-18)25-6-2-5-21-25/h2-9H,10H2,1H3,(H3,20,22,23,24,26). The Balaban J connectivity index is 1.67. The Kier molecular flexibility index (Phi) is 3.64. The summed E-state index contributed by atoms with van der Waals surface area (Å²) in [5.74, 6) is 1.80. The molecule has 0 bridgehead atoms. The summed E-state index contributed by atoms with van der Waals surface area (Å²) < 4.78 is 12.6. The molecule has 28 heavy (non-hydrogen) atoms. The maximum atomic E-state index is 11.6. The number of H-pyrrole nitrogens is 1. The molecule has 4 aromatic rings. The fourth-order valence-electron chi connectivity index (χ4n) is 3.16. The molecule has 0 saturated heterocycles. The number of hydrogen-bond donors (Lipinski definition) is 3. The number of nitrogens with zero attached hydrogens (tertiary/aromatic N) is 3. The molecule has 2 amide bonds. The number of benzene rings is 2. The summed E-state index contributed by atoms with van der Waals surface area (Å²) in [6.45, 7) is 0.228. The highest BCUT2D eigenvalue weighted by Crippen LogP contribution is 2.37. The molecular formula is C19H16N6O3. The normalized spacial score (nSPS) is 12.3. The number of aromatic amines is 1. The Morgan fingerprint density at radius 2 is 2.07 bits per heavy atom. The zero-order valence-corrected chi connectivity index (χ0v) is 14.9. The van der Waals surface area contributed by atoms with Gasteiger partial charge in [-0.15, -0.1) is 0 Å². The maximum Gasteiger partial charge on any atom is 0.321 e. The van der Waals surface area contributed by atoms with Gasteiger partial charge in [0, 0.05) is 19.4 Å². The number of fused-ring (bicyclic) bond motifs is 2. The Labute approximate surface area is 159 Å². The van der Waals surface area contributed by atoms with Gasteiger partial charge in [-0.2, -0.15) is 5.10 Å². The summed E-state index contributed by atoms with van der Waals surface area (Å²) in [5.41, 5.74) is 4.17. The van der Waals surface area contributed by atoms with Gasteiger partial charge in [-0.3, -0.25) is 5.32 Å². The monoisotopic (exact) mass is 376 g/mol. The lowest BCUT2D eigenvalue weighted by Crippen LogP contribution is -2.24. The van der Waals surface area contributed by atoms with Crippen molar-refractivity contribution in [3.8, 4) is 28.3 Å². The van der Waals surface area contributed by atoms with E-state index in [1.807, 2.05) is 42.6 Å². The maximum absolute atomic E-state index is 11.6. The summed E-state index contributed by atoms with van der Waals surface area (Å²) in [5, 5.41) is 9.51. The summed E-state index contributed by atoms with van der Waals surface area (Å²) in [7, 11) is 1.55. The molecule has 9 nitrogen and oxygen atoms in total. The molecular weight excluding hydrogens is 360 g/mol. The lowest BCUT2D eigenvalue weighted by molar-refractivity contribution is 0.174. The summed E-state index contributed by atoms with van der Waals surface area (Å²) in [4.78, 5) is 19.3. The third-order valence-electron chi connectivity index (χ3n) is 4.48. The second-order valence-electron chi connectivity index (χ2n) is 6.20. The minimum absolute atomic E-state index is 0.228. The fourth-order valence-corrected chi connectivity index (χ4v) is 3.16. The zero-order valence-electron chi connectivity index (χ0n) is 14.9. The first-order valence-corrected chi connectivity index (χ1v) is 8.64. The van der Waals surface area contributed by atoms with E-state index in [0.29, 0.717) is 17.2 Å². The van der Waals surface area contributed by atoms with Gasteiger partial charge in [0.1, 0.15) is 5.52 Å². The molecule has 2 aromatic heterocycles. The van der Waals surface area contributed by atoms with E-state index in [1.54, 1.807) is 17.9 Å². The van der Waals surface area contributed by atoms with E-state index in [2.05, 4.69) is 25.7 Å². The first-order valence-electron chi connectivity index (χ1n) is 8.64. The van der Waals surface area contributed by atoms with Crippen molar-refractivity contribution in [1.82, 2.24) is 25.1 Å². The SMILES string of the molecule is CNC(=O)Nc1nc2c(-n3cccn3)cc(-c3ccc4c(c3)OCO4)cc2[nH]1. The van der Waals surface area contributed by atoms with Crippen LogP contribution >= 0.6 is 0 Å². The van der Waals surface area contributed by atoms with Gasteiger partial charge in [-0.25, -0.2) is 14.5 Å². The Morgan fingerprint density at radius 1 is 1.18 bits per heavy atom. The summed E-state index contributed by atoms with van der Waals surface area (Å²) >= 11 is 0. The largest absolute Gasteiger partial charge is 0.454 e. The number of hydrogen-bond acceptors (Lipinski definition) is 5. The predicted octanol–water partition coefficient (Wildman–Crippen LogP) is 2.90. The first-order chi connectivity index (χ1) is 13.7. The third kappa shape index (κ3) is 2.69. The van der Waals surface area contributed by atoms with Crippen molar-refractivity contribution in [2.75, 3.05) is 19.2 Å². The highest BCUT2D eigenvalue weighted by atomic mass is 16.7. The van der Waals surface area contributed by atoms with Crippen LogP contribution in [0.25, 0.3) is 27.8 Å². The number of aromatic nitrogens is 4. The average Bonchev–Trinajstić information content (AvgIpc) is 3.45. The molecule has 0 aliphatic carbocycles. The van der Waals surface area contributed by atoms with Gasteiger partial charge in [-0.05, 0) is 41.5 Å². The molecule has 0 atom stereocenters. The number of rotatable bonds is 3. The van der Waals surface area contributed by atoms with Crippen molar-refractivity contribution in [3.63, 3.8) is 0 Å². The first kappa shape index (κ1) is 16.2. The van der Waals surface area contributed by atoms with Crippen molar-refractivity contribution < 1.29 is 14.3 Å². The Morgan fingerprint density at radius 3 is 2.89 bits per heavy atom. The molecule has 9 heteroatoms. The number of ether oxygens (including phenoxy) is 2. The number of nitrogens with one attached hydrogen (secondary N) is 3. The number of carbonyl (C=O) groups excluding carboxylic acids is 1. The molecule has 0 radical (unpaired) electrons. The van der Waals surface area contributed by atoms with E-state index in [0.717, 1.165) is 28.1 Å². The van der Waals surface area contributed by atoms with Crippen LogP contribution < -0.4 is 20.1 Å². The minimum atomic E-state index is -0.351. The van der Waals surface area contributed by atoms with Crippen LogP contribution in [0.3, 0.4) is 0 Å². The molecule has 0 saturated carbocycles. The van der Waals surface area contributed by atoms with Crippen molar-refractivity contribution in [2.24, 2.45) is 0 Å². The van der Waals surface area contributed by atoms with Crippen molar-refractivity contribution in [1.29, 1.82) is 0 Å². The van der Waals surface area contributed by atoms with E-state index in [-0.39, 0.29) is 12.8 Å². The van der Waals surface area contributed by atoms with Gasteiger partial charge in [0.2, 0.25) is 12.7 Å². The van der Waals surface area contributed by atoms with Gasteiger partial charge in [-0.1, -0.05) is 6.07 Å². The quantitative estimate of drug-likeness (QED) is 0.510. The van der Waals surface area contributed by atoms with Crippen LogP contribution in [0.1, 0.15) is 0 Å².